The van der Waals surface area contributed by atoms with Gasteiger partial charge in [-0.15, -0.1) is 0 Å². The van der Waals surface area contributed by atoms with Crippen molar-refractivity contribution in [3.05, 3.63) is 11.5 Å². The van der Waals surface area contributed by atoms with Crippen molar-refractivity contribution in [1.82, 2.24) is 9.97 Å². The highest BCUT2D eigenvalue weighted by atomic mass is 32.2. The van der Waals surface area contributed by atoms with E-state index in [1.165, 1.54) is 32.8 Å². The molecule has 0 amide bonds. The van der Waals surface area contributed by atoms with Gasteiger partial charge < -0.3 is 15.4 Å². The summed E-state index contributed by atoms with van der Waals surface area (Å²) in [5.41, 5.74) is 6.27. The van der Waals surface area contributed by atoms with Crippen molar-refractivity contribution in [3.8, 4) is 5.88 Å². The van der Waals surface area contributed by atoms with Gasteiger partial charge in [0.25, 0.3) is 5.88 Å². The molecule has 8 heteroatoms. The number of thioether (sulfide) groups is 1. The quantitative estimate of drug-likeness (QED) is 0.886. The summed E-state index contributed by atoms with van der Waals surface area (Å²) in [6.07, 6.45) is 4.94. The summed E-state index contributed by atoms with van der Waals surface area (Å²) in [4.78, 5) is 15.8. The van der Waals surface area contributed by atoms with Crippen LogP contribution < -0.4 is 15.4 Å². The average molecular weight is 365 g/mol. The molecule has 25 heavy (non-hydrogen) atoms. The highest BCUT2D eigenvalue weighted by molar-refractivity contribution is 8.13. The molecule has 0 bridgehead atoms. The van der Waals surface area contributed by atoms with Crippen LogP contribution in [0, 0.1) is 24.6 Å². The summed E-state index contributed by atoms with van der Waals surface area (Å²) in [6.45, 7) is 3.22. The molecule has 1 saturated heterocycles. The van der Waals surface area contributed by atoms with Crippen LogP contribution in [0.2, 0.25) is 0 Å². The zero-order chi connectivity index (χ0) is 17.6. The van der Waals surface area contributed by atoms with E-state index in [1.54, 1.807) is 18.7 Å². The Morgan fingerprint density at radius 2 is 2.04 bits per heavy atom. The van der Waals surface area contributed by atoms with Crippen molar-refractivity contribution in [2.24, 2.45) is 22.6 Å². The summed E-state index contributed by atoms with van der Waals surface area (Å²) in [5.74, 6) is 2.00. The van der Waals surface area contributed by atoms with Crippen molar-refractivity contribution in [1.29, 1.82) is 0 Å². The van der Waals surface area contributed by atoms with Crippen LogP contribution in [0.25, 0.3) is 0 Å². The Morgan fingerprint density at radius 3 is 2.76 bits per heavy atom. The van der Waals surface area contributed by atoms with E-state index in [0.29, 0.717) is 28.6 Å². The molecular formula is C17H24FN5OS. The molecule has 2 aliphatic heterocycles. The van der Waals surface area contributed by atoms with Gasteiger partial charge in [0, 0.05) is 24.8 Å². The molecule has 0 radical (unpaired) electrons. The zero-order valence-corrected chi connectivity index (χ0v) is 15.5. The lowest BCUT2D eigenvalue weighted by atomic mass is 9.76. The second-order valence-corrected chi connectivity index (χ2v) is 8.28. The first-order chi connectivity index (χ1) is 12.0. The third kappa shape index (κ3) is 2.74. The SMILES string of the molecule is COc1nc(N2CC3CSC(N)=NC3(C3CCCC3)C2)nc(C)c1F. The monoisotopic (exact) mass is 365 g/mol. The number of fused-ring (bicyclic) bond motifs is 1. The second kappa shape index (κ2) is 6.30. The molecule has 0 aromatic carbocycles. The molecule has 1 saturated carbocycles. The summed E-state index contributed by atoms with van der Waals surface area (Å²) in [6, 6.07) is 0. The third-order valence-electron chi connectivity index (χ3n) is 5.86. The van der Waals surface area contributed by atoms with Gasteiger partial charge in [-0.1, -0.05) is 24.6 Å². The zero-order valence-electron chi connectivity index (χ0n) is 14.7. The van der Waals surface area contributed by atoms with Crippen LogP contribution in [-0.2, 0) is 0 Å². The van der Waals surface area contributed by atoms with Crippen molar-refractivity contribution in [2.45, 2.75) is 38.1 Å². The third-order valence-corrected chi connectivity index (χ3v) is 6.81. The van der Waals surface area contributed by atoms with Gasteiger partial charge in [0.15, 0.2) is 5.17 Å². The van der Waals surface area contributed by atoms with Gasteiger partial charge >= 0.3 is 0 Å². The molecule has 3 heterocycles. The van der Waals surface area contributed by atoms with Crippen molar-refractivity contribution >= 4 is 22.9 Å². The van der Waals surface area contributed by atoms with E-state index in [-0.39, 0.29) is 11.4 Å². The molecule has 3 aliphatic rings. The number of rotatable bonds is 3. The molecule has 0 spiro atoms. The van der Waals surface area contributed by atoms with Crippen molar-refractivity contribution in [3.63, 3.8) is 0 Å². The highest BCUT2D eigenvalue weighted by Crippen LogP contribution is 2.49. The van der Waals surface area contributed by atoms with Gasteiger partial charge in [0.05, 0.1) is 18.3 Å². The number of aromatic nitrogens is 2. The Hall–Kier alpha value is -1.57. The first kappa shape index (κ1) is 16.9. The predicted octanol–water partition coefficient (Wildman–Crippen LogP) is 2.36. The Labute approximate surface area is 151 Å². The van der Waals surface area contributed by atoms with Gasteiger partial charge in [-0.05, 0) is 25.7 Å². The Morgan fingerprint density at radius 1 is 1.28 bits per heavy atom. The second-order valence-electron chi connectivity index (χ2n) is 7.24. The van der Waals surface area contributed by atoms with Crippen LogP contribution in [0.1, 0.15) is 31.4 Å². The van der Waals surface area contributed by atoms with E-state index in [1.807, 2.05) is 0 Å². The van der Waals surface area contributed by atoms with E-state index < -0.39 is 5.82 Å². The van der Waals surface area contributed by atoms with Crippen LogP contribution in [0.5, 0.6) is 5.88 Å². The smallest absolute Gasteiger partial charge is 0.255 e. The summed E-state index contributed by atoms with van der Waals surface area (Å²) in [5, 5.41) is 0.693. The number of amidine groups is 1. The number of nitrogens with two attached hydrogens (primary N) is 1. The van der Waals surface area contributed by atoms with Crippen LogP contribution in [-0.4, -0.2) is 46.6 Å². The maximum absolute atomic E-state index is 14.0. The molecule has 2 unspecified atom stereocenters. The summed E-state index contributed by atoms with van der Waals surface area (Å²) >= 11 is 1.64. The molecule has 1 aliphatic carbocycles. The van der Waals surface area contributed by atoms with Crippen molar-refractivity contribution < 1.29 is 9.13 Å². The fraction of sp³-hybridized carbons (Fsp3) is 0.706. The fourth-order valence-corrected chi connectivity index (χ4v) is 5.60. The molecule has 136 valence electrons. The van der Waals surface area contributed by atoms with Crippen LogP contribution >= 0.6 is 11.8 Å². The lowest BCUT2D eigenvalue weighted by Crippen LogP contribution is -2.47. The summed E-state index contributed by atoms with van der Waals surface area (Å²) in [7, 11) is 1.43. The molecule has 2 fully saturated rings. The van der Waals surface area contributed by atoms with Gasteiger partial charge in [0.2, 0.25) is 11.8 Å². The molecule has 2 N–H and O–H groups in total. The van der Waals surface area contributed by atoms with Gasteiger partial charge in [0.1, 0.15) is 0 Å². The molecular weight excluding hydrogens is 341 g/mol. The highest BCUT2D eigenvalue weighted by Gasteiger charge is 2.54. The lowest BCUT2D eigenvalue weighted by molar-refractivity contribution is 0.245. The maximum Gasteiger partial charge on any atom is 0.255 e. The van der Waals surface area contributed by atoms with Crippen LogP contribution in [0.15, 0.2) is 4.99 Å². The Balaban J connectivity index is 1.70. The number of anilines is 1. The van der Waals surface area contributed by atoms with Crippen LogP contribution in [0.4, 0.5) is 10.3 Å². The minimum absolute atomic E-state index is 0.00433. The van der Waals surface area contributed by atoms with E-state index in [0.717, 1.165) is 18.8 Å². The molecule has 1 aromatic heterocycles. The number of aryl methyl sites for hydroxylation is 1. The minimum Gasteiger partial charge on any atom is -0.479 e. The molecule has 2 atom stereocenters. The normalized spacial score (nSPS) is 29.6. The lowest BCUT2D eigenvalue weighted by Gasteiger charge is -2.39. The molecule has 4 rings (SSSR count). The predicted molar refractivity (Wildman–Crippen MR) is 97.8 cm³/mol. The first-order valence-corrected chi connectivity index (χ1v) is 9.83. The number of aliphatic imine (C=N–C) groups is 1. The average Bonchev–Trinajstić information content (AvgIpc) is 3.24. The Bertz CT molecular complexity index is 709. The van der Waals surface area contributed by atoms with E-state index in [4.69, 9.17) is 15.5 Å². The maximum atomic E-state index is 14.0. The van der Waals surface area contributed by atoms with Crippen molar-refractivity contribution in [2.75, 3.05) is 30.9 Å². The number of methoxy groups -OCH3 is 1. The number of halogens is 1. The number of ether oxygens (including phenoxy) is 1. The summed E-state index contributed by atoms with van der Waals surface area (Å²) < 4.78 is 19.1. The molecule has 1 aromatic rings. The molecule has 6 nitrogen and oxygen atoms in total. The first-order valence-electron chi connectivity index (χ1n) is 8.84. The van der Waals surface area contributed by atoms with Gasteiger partial charge in [-0.3, -0.25) is 4.99 Å². The standard InChI is InChI=1S/C17H24FN5OS/c1-10-13(18)14(24-2)21-16(20-10)23-7-12-8-25-15(19)22-17(12,9-23)11-5-3-4-6-11/h11-12H,3-9H2,1-2H3,(H2,19,22). The van der Waals surface area contributed by atoms with Gasteiger partial charge in [-0.25, -0.2) is 4.98 Å². The van der Waals surface area contributed by atoms with Gasteiger partial charge in [-0.2, -0.15) is 9.37 Å². The minimum atomic E-state index is -0.494. The number of nitrogens with zero attached hydrogens (tertiary/aromatic N) is 4. The largest absolute Gasteiger partial charge is 0.479 e. The Kier molecular flexibility index (Phi) is 4.25. The van der Waals surface area contributed by atoms with E-state index in [9.17, 15) is 4.39 Å². The number of hydrogen-bond acceptors (Lipinski definition) is 7. The fourth-order valence-electron chi connectivity index (χ4n) is 4.60. The topological polar surface area (TPSA) is 76.6 Å². The van der Waals surface area contributed by atoms with E-state index in [2.05, 4.69) is 14.9 Å². The van der Waals surface area contributed by atoms with Crippen LogP contribution in [0.3, 0.4) is 0 Å². The number of hydrogen-bond donors (Lipinski definition) is 1. The van der Waals surface area contributed by atoms with E-state index >= 15 is 0 Å².